The Kier molecular flexibility index (Phi) is 3.59. The fourth-order valence-electron chi connectivity index (χ4n) is 1.93. The Morgan fingerprint density at radius 2 is 2.47 bits per heavy atom. The third-order valence-electron chi connectivity index (χ3n) is 2.75. The van der Waals surface area contributed by atoms with Gasteiger partial charge in [-0.25, -0.2) is 4.98 Å². The SMILES string of the molecule is COC1CCCN(c2ncccc2Br)C1. The van der Waals surface area contributed by atoms with Gasteiger partial charge in [-0.2, -0.15) is 0 Å². The second-order valence-corrected chi connectivity index (χ2v) is 4.61. The van der Waals surface area contributed by atoms with Crippen molar-refractivity contribution < 1.29 is 4.74 Å². The minimum Gasteiger partial charge on any atom is -0.380 e. The first-order valence-corrected chi connectivity index (χ1v) is 5.99. The number of hydrogen-bond donors (Lipinski definition) is 0. The molecule has 15 heavy (non-hydrogen) atoms. The Balaban J connectivity index is 2.13. The van der Waals surface area contributed by atoms with Gasteiger partial charge in [-0.1, -0.05) is 0 Å². The molecule has 0 N–H and O–H groups in total. The van der Waals surface area contributed by atoms with Crippen LogP contribution in [0.15, 0.2) is 22.8 Å². The van der Waals surface area contributed by atoms with Crippen LogP contribution >= 0.6 is 15.9 Å². The van der Waals surface area contributed by atoms with Crippen molar-refractivity contribution in [3.8, 4) is 0 Å². The van der Waals surface area contributed by atoms with Crippen LogP contribution in [-0.2, 0) is 4.74 Å². The number of piperidine rings is 1. The Bertz CT molecular complexity index is 332. The lowest BCUT2D eigenvalue weighted by Crippen LogP contribution is -2.39. The Morgan fingerprint density at radius 1 is 1.60 bits per heavy atom. The monoisotopic (exact) mass is 270 g/mol. The zero-order valence-corrected chi connectivity index (χ0v) is 10.4. The molecule has 0 amide bonds. The average molecular weight is 271 g/mol. The van der Waals surface area contributed by atoms with Gasteiger partial charge >= 0.3 is 0 Å². The molecule has 0 saturated carbocycles. The number of methoxy groups -OCH3 is 1. The summed E-state index contributed by atoms with van der Waals surface area (Å²) in [4.78, 5) is 6.67. The lowest BCUT2D eigenvalue weighted by atomic mass is 10.1. The van der Waals surface area contributed by atoms with Gasteiger partial charge < -0.3 is 9.64 Å². The molecule has 1 aromatic rings. The zero-order valence-electron chi connectivity index (χ0n) is 8.82. The van der Waals surface area contributed by atoms with Gasteiger partial charge in [0.15, 0.2) is 0 Å². The second kappa shape index (κ2) is 4.94. The first kappa shape index (κ1) is 10.9. The molecule has 3 nitrogen and oxygen atoms in total. The van der Waals surface area contributed by atoms with Gasteiger partial charge in [0.05, 0.1) is 10.6 Å². The van der Waals surface area contributed by atoms with Crippen molar-refractivity contribution in [3.63, 3.8) is 0 Å². The smallest absolute Gasteiger partial charge is 0.142 e. The van der Waals surface area contributed by atoms with E-state index in [1.54, 1.807) is 7.11 Å². The first-order chi connectivity index (χ1) is 7.31. The van der Waals surface area contributed by atoms with Crippen LogP contribution in [-0.4, -0.2) is 31.3 Å². The molecule has 1 fully saturated rings. The van der Waals surface area contributed by atoms with Crippen molar-refractivity contribution in [2.24, 2.45) is 0 Å². The van der Waals surface area contributed by atoms with Gasteiger partial charge in [0, 0.05) is 26.4 Å². The van der Waals surface area contributed by atoms with E-state index in [-0.39, 0.29) is 0 Å². The van der Waals surface area contributed by atoms with Gasteiger partial charge in [-0.3, -0.25) is 0 Å². The highest BCUT2D eigenvalue weighted by molar-refractivity contribution is 9.10. The zero-order chi connectivity index (χ0) is 10.7. The van der Waals surface area contributed by atoms with Crippen LogP contribution in [0.5, 0.6) is 0 Å². The first-order valence-electron chi connectivity index (χ1n) is 5.19. The number of ether oxygens (including phenoxy) is 1. The minimum atomic E-state index is 0.340. The van der Waals surface area contributed by atoms with Crippen molar-refractivity contribution in [1.29, 1.82) is 0 Å². The standard InChI is InChI=1S/C11H15BrN2O/c1-15-9-4-3-7-14(8-9)11-10(12)5-2-6-13-11/h2,5-6,9H,3-4,7-8H2,1H3. The van der Waals surface area contributed by atoms with E-state index in [1.165, 1.54) is 6.42 Å². The van der Waals surface area contributed by atoms with Crippen molar-refractivity contribution in [2.45, 2.75) is 18.9 Å². The molecule has 2 heterocycles. The summed E-state index contributed by atoms with van der Waals surface area (Å²) in [7, 11) is 1.78. The molecule has 4 heteroatoms. The molecule has 0 radical (unpaired) electrons. The topological polar surface area (TPSA) is 25.4 Å². The second-order valence-electron chi connectivity index (χ2n) is 3.75. The maximum Gasteiger partial charge on any atom is 0.142 e. The number of aromatic nitrogens is 1. The molecule has 82 valence electrons. The molecule has 1 aromatic heterocycles. The number of anilines is 1. The summed E-state index contributed by atoms with van der Waals surface area (Å²) in [6, 6.07) is 3.96. The summed E-state index contributed by atoms with van der Waals surface area (Å²) in [5, 5.41) is 0. The van der Waals surface area contributed by atoms with Crippen molar-refractivity contribution >= 4 is 21.7 Å². The van der Waals surface area contributed by atoms with Gasteiger partial charge in [-0.05, 0) is 40.9 Å². The predicted molar refractivity (Wildman–Crippen MR) is 64.2 cm³/mol. The fraction of sp³-hybridized carbons (Fsp3) is 0.545. The largest absolute Gasteiger partial charge is 0.380 e. The molecular formula is C11H15BrN2O. The van der Waals surface area contributed by atoms with E-state index in [0.29, 0.717) is 6.10 Å². The summed E-state index contributed by atoms with van der Waals surface area (Å²) < 4.78 is 6.46. The summed E-state index contributed by atoms with van der Waals surface area (Å²) >= 11 is 3.53. The highest BCUT2D eigenvalue weighted by atomic mass is 79.9. The van der Waals surface area contributed by atoms with E-state index >= 15 is 0 Å². The molecule has 0 aromatic carbocycles. The molecule has 1 unspecified atom stereocenters. The number of hydrogen-bond acceptors (Lipinski definition) is 3. The van der Waals surface area contributed by atoms with Gasteiger partial charge in [0.2, 0.25) is 0 Å². The fourth-order valence-corrected chi connectivity index (χ4v) is 2.44. The van der Waals surface area contributed by atoms with Crippen LogP contribution < -0.4 is 4.90 Å². The molecule has 1 aliphatic rings. The summed E-state index contributed by atoms with van der Waals surface area (Å²) in [6.45, 7) is 2.00. The van der Waals surface area contributed by atoms with E-state index in [2.05, 4.69) is 25.8 Å². The summed E-state index contributed by atoms with van der Waals surface area (Å²) in [5.41, 5.74) is 0. The maximum atomic E-state index is 5.40. The highest BCUT2D eigenvalue weighted by Crippen LogP contribution is 2.26. The quantitative estimate of drug-likeness (QED) is 0.826. The highest BCUT2D eigenvalue weighted by Gasteiger charge is 2.21. The molecule has 1 saturated heterocycles. The molecular weight excluding hydrogens is 256 g/mol. The van der Waals surface area contributed by atoms with Gasteiger partial charge in [0.25, 0.3) is 0 Å². The normalized spacial score (nSPS) is 21.7. The lowest BCUT2D eigenvalue weighted by Gasteiger charge is -2.33. The Hall–Kier alpha value is -0.610. The maximum absolute atomic E-state index is 5.40. The number of pyridine rings is 1. The van der Waals surface area contributed by atoms with E-state index in [1.807, 2.05) is 18.3 Å². The number of halogens is 1. The molecule has 0 aliphatic carbocycles. The average Bonchev–Trinajstić information content (AvgIpc) is 2.30. The van der Waals surface area contributed by atoms with Crippen molar-refractivity contribution in [3.05, 3.63) is 22.8 Å². The van der Waals surface area contributed by atoms with E-state index < -0.39 is 0 Å². The lowest BCUT2D eigenvalue weighted by molar-refractivity contribution is 0.0891. The molecule has 0 spiro atoms. The van der Waals surface area contributed by atoms with Crippen LogP contribution in [0.2, 0.25) is 0 Å². The summed E-state index contributed by atoms with van der Waals surface area (Å²) in [5.74, 6) is 1.03. The van der Waals surface area contributed by atoms with Crippen LogP contribution in [0.3, 0.4) is 0 Å². The van der Waals surface area contributed by atoms with Crippen LogP contribution in [0.1, 0.15) is 12.8 Å². The van der Waals surface area contributed by atoms with Gasteiger partial charge in [0.1, 0.15) is 5.82 Å². The Morgan fingerprint density at radius 3 is 3.20 bits per heavy atom. The van der Waals surface area contributed by atoms with Crippen molar-refractivity contribution in [2.75, 3.05) is 25.1 Å². The molecule has 2 rings (SSSR count). The van der Waals surface area contributed by atoms with E-state index in [0.717, 1.165) is 29.8 Å². The van der Waals surface area contributed by atoms with Crippen LogP contribution in [0.25, 0.3) is 0 Å². The predicted octanol–water partition coefficient (Wildman–Crippen LogP) is 2.46. The third kappa shape index (κ3) is 2.49. The van der Waals surface area contributed by atoms with Crippen LogP contribution in [0.4, 0.5) is 5.82 Å². The van der Waals surface area contributed by atoms with Crippen LogP contribution in [0, 0.1) is 0 Å². The van der Waals surface area contributed by atoms with Crippen molar-refractivity contribution in [1.82, 2.24) is 4.98 Å². The van der Waals surface area contributed by atoms with E-state index in [4.69, 9.17) is 4.74 Å². The number of nitrogens with zero attached hydrogens (tertiary/aromatic N) is 2. The molecule has 1 atom stereocenters. The number of rotatable bonds is 2. The summed E-state index contributed by atoms with van der Waals surface area (Å²) in [6.07, 6.45) is 4.49. The Labute approximate surface area is 98.6 Å². The third-order valence-corrected chi connectivity index (χ3v) is 3.37. The van der Waals surface area contributed by atoms with Gasteiger partial charge in [-0.15, -0.1) is 0 Å². The van der Waals surface area contributed by atoms with E-state index in [9.17, 15) is 0 Å². The molecule has 0 bridgehead atoms. The molecule has 1 aliphatic heterocycles. The minimum absolute atomic E-state index is 0.340.